The molecule has 0 aliphatic carbocycles. The Kier molecular flexibility index (Phi) is 2.15. The topological polar surface area (TPSA) is 9.23 Å². The molecule has 0 radical (unpaired) electrons. The number of hydrogen-bond acceptors (Lipinski definition) is 1. The van der Waals surface area contributed by atoms with Crippen LogP contribution in [0.5, 0.6) is 0 Å². The van der Waals surface area contributed by atoms with Gasteiger partial charge in [0.05, 0.1) is 12.2 Å². The van der Waals surface area contributed by atoms with Crippen LogP contribution in [0.3, 0.4) is 0 Å². The van der Waals surface area contributed by atoms with Gasteiger partial charge < -0.3 is 4.74 Å². The average molecular weight is 190 g/mol. The first-order chi connectivity index (χ1) is 6.50. The molecule has 1 aliphatic rings. The molecule has 1 aliphatic heterocycles. The van der Waals surface area contributed by atoms with Gasteiger partial charge in [0.25, 0.3) is 0 Å². The molecule has 0 N–H and O–H groups in total. The number of rotatable bonds is 1. The van der Waals surface area contributed by atoms with Gasteiger partial charge in [-0.05, 0) is 36.5 Å². The van der Waals surface area contributed by atoms with E-state index >= 15 is 0 Å². The largest absolute Gasteiger partial charge is 0.366 e. The van der Waals surface area contributed by atoms with Gasteiger partial charge in [0.2, 0.25) is 0 Å². The van der Waals surface area contributed by atoms with E-state index in [0.29, 0.717) is 5.92 Å². The minimum atomic E-state index is -0.0924. The Morgan fingerprint density at radius 1 is 1.29 bits per heavy atom. The fraction of sp³-hybridized carbons (Fsp3) is 0.538. The summed E-state index contributed by atoms with van der Waals surface area (Å²) >= 11 is 0. The average Bonchev–Trinajstić information content (AvgIpc) is 2.42. The molecule has 0 spiro atoms. The second-order valence-corrected chi connectivity index (χ2v) is 4.87. The quantitative estimate of drug-likeness (QED) is 0.657. The van der Waals surface area contributed by atoms with Crippen LogP contribution < -0.4 is 0 Å². The Bertz CT molecular complexity index is 350. The zero-order chi connectivity index (χ0) is 10.3. The molecule has 1 aromatic carbocycles. The van der Waals surface area contributed by atoms with Crippen molar-refractivity contribution in [2.75, 3.05) is 0 Å². The van der Waals surface area contributed by atoms with Crippen LogP contribution in [0.4, 0.5) is 0 Å². The predicted octanol–water partition coefficient (Wildman–Crippen LogP) is 3.58. The van der Waals surface area contributed by atoms with Crippen molar-refractivity contribution in [1.29, 1.82) is 0 Å². The van der Waals surface area contributed by atoms with E-state index in [1.54, 1.807) is 0 Å². The summed E-state index contributed by atoms with van der Waals surface area (Å²) in [5.74, 6) is 0.601. The Morgan fingerprint density at radius 2 is 2.00 bits per heavy atom. The van der Waals surface area contributed by atoms with Crippen LogP contribution in [0.2, 0.25) is 0 Å². The molecule has 0 saturated heterocycles. The van der Waals surface area contributed by atoms with Crippen molar-refractivity contribution in [3.63, 3.8) is 0 Å². The van der Waals surface area contributed by atoms with E-state index in [1.165, 1.54) is 16.7 Å². The molecule has 0 aromatic heterocycles. The summed E-state index contributed by atoms with van der Waals surface area (Å²) in [7, 11) is 0. The van der Waals surface area contributed by atoms with Crippen LogP contribution in [0, 0.1) is 0 Å². The minimum absolute atomic E-state index is 0.0924. The Morgan fingerprint density at radius 3 is 2.64 bits per heavy atom. The van der Waals surface area contributed by atoms with Gasteiger partial charge in [-0.2, -0.15) is 0 Å². The van der Waals surface area contributed by atoms with Crippen LogP contribution in [-0.2, 0) is 16.9 Å². The number of fused-ring (bicyclic) bond motifs is 1. The summed E-state index contributed by atoms with van der Waals surface area (Å²) in [6, 6.07) is 6.73. The molecule has 76 valence electrons. The fourth-order valence-electron chi connectivity index (χ4n) is 2.02. The van der Waals surface area contributed by atoms with Crippen molar-refractivity contribution in [3.05, 3.63) is 34.9 Å². The van der Waals surface area contributed by atoms with Gasteiger partial charge in [0.15, 0.2) is 0 Å². The smallest absolute Gasteiger partial charge is 0.0883 e. The lowest BCUT2D eigenvalue weighted by atomic mass is 9.92. The first-order valence-electron chi connectivity index (χ1n) is 5.28. The Balaban J connectivity index is 2.44. The first kappa shape index (κ1) is 9.72. The third-order valence-corrected chi connectivity index (χ3v) is 3.03. The molecule has 1 aromatic rings. The van der Waals surface area contributed by atoms with E-state index in [1.807, 2.05) is 0 Å². The van der Waals surface area contributed by atoms with Crippen LogP contribution in [0.25, 0.3) is 0 Å². The van der Waals surface area contributed by atoms with Crippen LogP contribution >= 0.6 is 0 Å². The normalized spacial score (nSPS) is 18.6. The van der Waals surface area contributed by atoms with E-state index in [2.05, 4.69) is 45.9 Å². The molecule has 1 heteroatoms. The molecule has 0 amide bonds. The summed E-state index contributed by atoms with van der Waals surface area (Å²) < 4.78 is 5.75. The van der Waals surface area contributed by atoms with Gasteiger partial charge in [-0.25, -0.2) is 0 Å². The number of hydrogen-bond donors (Lipinski definition) is 0. The number of ether oxygens (including phenoxy) is 1. The van der Waals surface area contributed by atoms with E-state index in [0.717, 1.165) is 6.61 Å². The summed E-state index contributed by atoms with van der Waals surface area (Å²) in [5, 5.41) is 0. The molecule has 14 heavy (non-hydrogen) atoms. The number of benzene rings is 1. The molecular weight excluding hydrogens is 172 g/mol. The van der Waals surface area contributed by atoms with Gasteiger partial charge in [0.1, 0.15) is 0 Å². The van der Waals surface area contributed by atoms with E-state index in [9.17, 15) is 0 Å². The fourth-order valence-corrected chi connectivity index (χ4v) is 2.02. The van der Waals surface area contributed by atoms with E-state index in [-0.39, 0.29) is 5.60 Å². The molecule has 1 nitrogen and oxygen atoms in total. The summed E-state index contributed by atoms with van der Waals surface area (Å²) in [6.07, 6.45) is 0. The van der Waals surface area contributed by atoms with Crippen molar-refractivity contribution in [2.45, 2.75) is 45.8 Å². The van der Waals surface area contributed by atoms with E-state index in [4.69, 9.17) is 4.74 Å². The maximum Gasteiger partial charge on any atom is 0.0883 e. The highest BCUT2D eigenvalue weighted by Gasteiger charge is 2.30. The van der Waals surface area contributed by atoms with Crippen molar-refractivity contribution in [2.24, 2.45) is 0 Å². The van der Waals surface area contributed by atoms with Gasteiger partial charge in [0, 0.05) is 0 Å². The molecule has 0 unspecified atom stereocenters. The first-order valence-corrected chi connectivity index (χ1v) is 5.28. The van der Waals surface area contributed by atoms with Crippen LogP contribution in [0.1, 0.15) is 50.3 Å². The highest BCUT2D eigenvalue weighted by molar-refractivity contribution is 5.38. The maximum absolute atomic E-state index is 5.75. The maximum atomic E-state index is 5.75. The molecule has 1 heterocycles. The van der Waals surface area contributed by atoms with Crippen molar-refractivity contribution < 1.29 is 4.74 Å². The summed E-state index contributed by atoms with van der Waals surface area (Å²) in [4.78, 5) is 0. The van der Waals surface area contributed by atoms with E-state index < -0.39 is 0 Å². The second kappa shape index (κ2) is 3.09. The molecule has 0 fully saturated rings. The summed E-state index contributed by atoms with van der Waals surface area (Å²) in [5.41, 5.74) is 4.03. The minimum Gasteiger partial charge on any atom is -0.366 e. The van der Waals surface area contributed by atoms with Gasteiger partial charge in [-0.1, -0.05) is 32.0 Å². The van der Waals surface area contributed by atoms with Gasteiger partial charge in [-0.15, -0.1) is 0 Å². The monoisotopic (exact) mass is 190 g/mol. The molecule has 0 bridgehead atoms. The van der Waals surface area contributed by atoms with Gasteiger partial charge >= 0.3 is 0 Å². The lowest BCUT2D eigenvalue weighted by Gasteiger charge is -2.18. The predicted molar refractivity (Wildman–Crippen MR) is 58.3 cm³/mol. The van der Waals surface area contributed by atoms with Crippen molar-refractivity contribution in [1.82, 2.24) is 0 Å². The standard InChI is InChI=1S/C13H18O/c1-9(2)10-5-6-12-11(7-10)8-14-13(12,3)4/h5-7,9H,8H2,1-4H3. The highest BCUT2D eigenvalue weighted by Crippen LogP contribution is 2.36. The Hall–Kier alpha value is -0.820. The molecule has 0 saturated carbocycles. The molecule has 0 atom stereocenters. The third-order valence-electron chi connectivity index (χ3n) is 3.03. The third kappa shape index (κ3) is 1.46. The highest BCUT2D eigenvalue weighted by atomic mass is 16.5. The van der Waals surface area contributed by atoms with Gasteiger partial charge in [-0.3, -0.25) is 0 Å². The zero-order valence-electron chi connectivity index (χ0n) is 9.42. The Labute approximate surface area is 86.1 Å². The van der Waals surface area contributed by atoms with Crippen LogP contribution in [-0.4, -0.2) is 0 Å². The zero-order valence-corrected chi connectivity index (χ0v) is 9.42. The lowest BCUT2D eigenvalue weighted by Crippen LogP contribution is -2.14. The second-order valence-electron chi connectivity index (χ2n) is 4.87. The summed E-state index contributed by atoms with van der Waals surface area (Å²) in [6.45, 7) is 9.48. The van der Waals surface area contributed by atoms with Crippen molar-refractivity contribution in [3.8, 4) is 0 Å². The van der Waals surface area contributed by atoms with Crippen LogP contribution in [0.15, 0.2) is 18.2 Å². The molecule has 2 rings (SSSR count). The SMILES string of the molecule is CC(C)c1ccc2c(c1)COC2(C)C. The lowest BCUT2D eigenvalue weighted by molar-refractivity contribution is -0.00789. The molecular formula is C13H18O. The van der Waals surface area contributed by atoms with Crippen molar-refractivity contribution >= 4 is 0 Å².